The van der Waals surface area contributed by atoms with E-state index in [-0.39, 0.29) is 19.0 Å². The molecule has 20 heavy (non-hydrogen) atoms. The SMILES string of the molecule is Fc1cc(Br)cc(OCCOc2cccc(Br)c2)c1F. The molecule has 2 aromatic carbocycles. The van der Waals surface area contributed by atoms with Crippen LogP contribution in [0.1, 0.15) is 0 Å². The van der Waals surface area contributed by atoms with E-state index in [1.54, 1.807) is 12.1 Å². The van der Waals surface area contributed by atoms with Crippen LogP contribution in [-0.4, -0.2) is 13.2 Å². The van der Waals surface area contributed by atoms with Gasteiger partial charge in [0.15, 0.2) is 11.6 Å². The van der Waals surface area contributed by atoms with E-state index >= 15 is 0 Å². The molecule has 0 amide bonds. The van der Waals surface area contributed by atoms with Crippen molar-refractivity contribution < 1.29 is 18.3 Å². The lowest BCUT2D eigenvalue weighted by molar-refractivity contribution is 0.209. The van der Waals surface area contributed by atoms with Crippen molar-refractivity contribution in [3.05, 3.63) is 57.0 Å². The van der Waals surface area contributed by atoms with Crippen LogP contribution < -0.4 is 9.47 Å². The summed E-state index contributed by atoms with van der Waals surface area (Å²) in [5, 5.41) is 0. The quantitative estimate of drug-likeness (QED) is 0.515. The van der Waals surface area contributed by atoms with Gasteiger partial charge in [-0.05, 0) is 30.3 Å². The maximum atomic E-state index is 13.4. The molecule has 6 heteroatoms. The third kappa shape index (κ3) is 4.18. The summed E-state index contributed by atoms with van der Waals surface area (Å²) in [7, 11) is 0. The van der Waals surface area contributed by atoms with Crippen molar-refractivity contribution in [2.45, 2.75) is 0 Å². The average molecular weight is 408 g/mol. The van der Waals surface area contributed by atoms with Gasteiger partial charge in [0.2, 0.25) is 5.82 Å². The van der Waals surface area contributed by atoms with Gasteiger partial charge in [-0.15, -0.1) is 0 Å². The summed E-state index contributed by atoms with van der Waals surface area (Å²) in [5.41, 5.74) is 0. The second-order valence-electron chi connectivity index (χ2n) is 3.85. The average Bonchev–Trinajstić information content (AvgIpc) is 2.40. The lowest BCUT2D eigenvalue weighted by Gasteiger charge is -2.10. The Hall–Kier alpha value is -1.14. The largest absolute Gasteiger partial charge is 0.490 e. The van der Waals surface area contributed by atoms with Gasteiger partial charge in [-0.2, -0.15) is 4.39 Å². The fourth-order valence-electron chi connectivity index (χ4n) is 1.51. The van der Waals surface area contributed by atoms with Gasteiger partial charge in [0.05, 0.1) is 0 Å². The molecule has 0 aromatic heterocycles. The normalized spacial score (nSPS) is 10.4. The Morgan fingerprint density at radius 2 is 1.65 bits per heavy atom. The second kappa shape index (κ2) is 7.04. The van der Waals surface area contributed by atoms with Gasteiger partial charge in [0.25, 0.3) is 0 Å². The molecule has 106 valence electrons. The van der Waals surface area contributed by atoms with Crippen molar-refractivity contribution in [3.8, 4) is 11.5 Å². The molecule has 0 fully saturated rings. The van der Waals surface area contributed by atoms with Gasteiger partial charge in [-0.25, -0.2) is 4.39 Å². The van der Waals surface area contributed by atoms with Gasteiger partial charge < -0.3 is 9.47 Å². The van der Waals surface area contributed by atoms with E-state index in [0.717, 1.165) is 10.5 Å². The van der Waals surface area contributed by atoms with Crippen molar-refractivity contribution in [2.75, 3.05) is 13.2 Å². The zero-order valence-corrected chi connectivity index (χ0v) is 13.4. The number of hydrogen-bond acceptors (Lipinski definition) is 2. The van der Waals surface area contributed by atoms with Crippen LogP contribution in [0.5, 0.6) is 11.5 Å². The maximum Gasteiger partial charge on any atom is 0.200 e. The molecule has 0 saturated carbocycles. The molecule has 2 aromatic rings. The van der Waals surface area contributed by atoms with E-state index in [1.165, 1.54) is 6.07 Å². The minimum Gasteiger partial charge on any atom is -0.490 e. The van der Waals surface area contributed by atoms with Crippen molar-refractivity contribution in [2.24, 2.45) is 0 Å². The molecule has 0 bridgehead atoms. The predicted molar refractivity (Wildman–Crippen MR) is 79.2 cm³/mol. The summed E-state index contributed by atoms with van der Waals surface area (Å²) in [4.78, 5) is 0. The number of ether oxygens (including phenoxy) is 2. The van der Waals surface area contributed by atoms with Crippen LogP contribution in [-0.2, 0) is 0 Å². The monoisotopic (exact) mass is 406 g/mol. The Morgan fingerprint density at radius 1 is 0.900 bits per heavy atom. The summed E-state index contributed by atoms with van der Waals surface area (Å²) < 4.78 is 38.5. The fourth-order valence-corrected chi connectivity index (χ4v) is 2.29. The first-order valence-electron chi connectivity index (χ1n) is 5.72. The van der Waals surface area contributed by atoms with Crippen molar-refractivity contribution in [1.29, 1.82) is 0 Å². The lowest BCUT2D eigenvalue weighted by atomic mass is 10.3. The highest BCUT2D eigenvalue weighted by molar-refractivity contribution is 9.10. The minimum atomic E-state index is -1.00. The third-order valence-electron chi connectivity index (χ3n) is 2.37. The molecule has 0 spiro atoms. The van der Waals surface area contributed by atoms with E-state index in [2.05, 4.69) is 31.9 Å². The van der Waals surface area contributed by atoms with Crippen LogP contribution in [0.15, 0.2) is 45.3 Å². The molecule has 0 atom stereocenters. The standard InChI is InChI=1S/C14H10Br2F2O2/c15-9-2-1-3-11(6-9)19-4-5-20-13-8-10(16)7-12(17)14(13)18/h1-3,6-8H,4-5H2. The zero-order valence-electron chi connectivity index (χ0n) is 10.2. The first-order valence-corrected chi connectivity index (χ1v) is 7.30. The molecule has 2 rings (SSSR count). The van der Waals surface area contributed by atoms with E-state index in [9.17, 15) is 8.78 Å². The lowest BCUT2D eigenvalue weighted by Crippen LogP contribution is -2.10. The Kier molecular flexibility index (Phi) is 5.37. The van der Waals surface area contributed by atoms with Gasteiger partial charge in [0.1, 0.15) is 19.0 Å². The Morgan fingerprint density at radius 3 is 2.40 bits per heavy atom. The molecule has 0 heterocycles. The summed E-state index contributed by atoms with van der Waals surface area (Å²) in [6.07, 6.45) is 0. The van der Waals surface area contributed by atoms with Crippen LogP contribution >= 0.6 is 31.9 Å². The predicted octanol–water partition coefficient (Wildman–Crippen LogP) is 4.95. The number of rotatable bonds is 5. The molecular formula is C14H10Br2F2O2. The van der Waals surface area contributed by atoms with Crippen LogP contribution in [0.3, 0.4) is 0 Å². The maximum absolute atomic E-state index is 13.4. The molecule has 0 radical (unpaired) electrons. The van der Waals surface area contributed by atoms with Gasteiger partial charge >= 0.3 is 0 Å². The van der Waals surface area contributed by atoms with E-state index in [0.29, 0.717) is 10.2 Å². The summed E-state index contributed by atoms with van der Waals surface area (Å²) in [6.45, 7) is 0.337. The first-order chi connectivity index (χ1) is 9.56. The minimum absolute atomic E-state index is 0.110. The number of hydrogen-bond donors (Lipinski definition) is 0. The van der Waals surface area contributed by atoms with Crippen molar-refractivity contribution in [1.82, 2.24) is 0 Å². The topological polar surface area (TPSA) is 18.5 Å². The van der Waals surface area contributed by atoms with Crippen LogP contribution in [0.25, 0.3) is 0 Å². The second-order valence-corrected chi connectivity index (χ2v) is 5.69. The molecule has 0 aliphatic rings. The smallest absolute Gasteiger partial charge is 0.200 e. The summed E-state index contributed by atoms with van der Waals surface area (Å²) >= 11 is 6.40. The summed E-state index contributed by atoms with van der Waals surface area (Å²) in [5.74, 6) is -1.43. The van der Waals surface area contributed by atoms with E-state index < -0.39 is 11.6 Å². The first kappa shape index (κ1) is 15.3. The van der Waals surface area contributed by atoms with Gasteiger partial charge in [-0.1, -0.05) is 37.9 Å². The highest BCUT2D eigenvalue weighted by atomic mass is 79.9. The highest BCUT2D eigenvalue weighted by Gasteiger charge is 2.11. The Labute approximate surface area is 132 Å². The van der Waals surface area contributed by atoms with Gasteiger partial charge in [-0.3, -0.25) is 0 Å². The molecule has 0 aliphatic heterocycles. The number of benzene rings is 2. The Balaban J connectivity index is 1.87. The van der Waals surface area contributed by atoms with E-state index in [4.69, 9.17) is 9.47 Å². The third-order valence-corrected chi connectivity index (χ3v) is 3.32. The molecule has 0 unspecified atom stereocenters. The summed E-state index contributed by atoms with van der Waals surface area (Å²) in [6, 6.07) is 9.73. The molecule has 0 aliphatic carbocycles. The molecule has 0 saturated heterocycles. The van der Waals surface area contributed by atoms with Crippen molar-refractivity contribution in [3.63, 3.8) is 0 Å². The Bertz CT molecular complexity index is 606. The molecule has 0 N–H and O–H groups in total. The fraction of sp³-hybridized carbons (Fsp3) is 0.143. The van der Waals surface area contributed by atoms with Crippen LogP contribution in [0, 0.1) is 11.6 Å². The highest BCUT2D eigenvalue weighted by Crippen LogP contribution is 2.25. The van der Waals surface area contributed by atoms with E-state index in [1.807, 2.05) is 12.1 Å². The van der Waals surface area contributed by atoms with Crippen LogP contribution in [0.2, 0.25) is 0 Å². The van der Waals surface area contributed by atoms with Gasteiger partial charge in [0, 0.05) is 8.95 Å². The zero-order chi connectivity index (χ0) is 14.5. The number of halogens is 4. The van der Waals surface area contributed by atoms with Crippen LogP contribution in [0.4, 0.5) is 8.78 Å². The molecular weight excluding hydrogens is 398 g/mol. The van der Waals surface area contributed by atoms with Crippen molar-refractivity contribution >= 4 is 31.9 Å². The molecule has 2 nitrogen and oxygen atoms in total.